The Labute approximate surface area is 174 Å². The number of hydrogen-bond donors (Lipinski definition) is 0. The highest BCUT2D eigenvalue weighted by Gasteiger charge is 2.17. The van der Waals surface area contributed by atoms with Gasteiger partial charge in [-0.15, -0.1) is 0 Å². The van der Waals surface area contributed by atoms with E-state index in [4.69, 9.17) is 4.74 Å². The molecule has 3 aromatic rings. The number of benzene rings is 2. The van der Waals surface area contributed by atoms with Crippen LogP contribution in [0.2, 0.25) is 0 Å². The molecule has 0 unspecified atom stereocenters. The zero-order valence-electron chi connectivity index (χ0n) is 17.5. The minimum Gasteiger partial charge on any atom is -0.496 e. The van der Waals surface area contributed by atoms with Crippen LogP contribution in [0.3, 0.4) is 0 Å². The summed E-state index contributed by atoms with van der Waals surface area (Å²) in [6.45, 7) is 3.13. The molecule has 1 heterocycles. The first-order chi connectivity index (χ1) is 14.3. The van der Waals surface area contributed by atoms with Gasteiger partial charge in [0.05, 0.1) is 7.11 Å². The first-order valence-corrected chi connectivity index (χ1v) is 10.7. The van der Waals surface area contributed by atoms with Crippen LogP contribution in [0.15, 0.2) is 60.4 Å². The van der Waals surface area contributed by atoms with Gasteiger partial charge in [0.25, 0.3) is 0 Å². The summed E-state index contributed by atoms with van der Waals surface area (Å²) in [6.07, 6.45) is 13.1. The van der Waals surface area contributed by atoms with Gasteiger partial charge in [-0.1, -0.05) is 55.0 Å². The number of methoxy groups -OCH3 is 1. The van der Waals surface area contributed by atoms with Crippen molar-refractivity contribution >= 4 is 6.08 Å². The van der Waals surface area contributed by atoms with Gasteiger partial charge in [0.1, 0.15) is 11.6 Å². The Balaban J connectivity index is 1.60. The minimum atomic E-state index is 0.864. The predicted molar refractivity (Wildman–Crippen MR) is 119 cm³/mol. The molecule has 0 bridgehead atoms. The van der Waals surface area contributed by atoms with Crippen LogP contribution in [0.5, 0.6) is 5.75 Å². The molecule has 0 radical (unpaired) electrons. The lowest BCUT2D eigenvalue weighted by Gasteiger charge is -2.21. The number of ether oxygens (including phenoxy) is 1. The molecule has 0 fully saturated rings. The van der Waals surface area contributed by atoms with E-state index in [9.17, 15) is 0 Å². The molecule has 2 aromatic carbocycles. The molecule has 1 aliphatic rings. The highest BCUT2D eigenvalue weighted by atomic mass is 16.5. The molecule has 4 rings (SSSR count). The van der Waals surface area contributed by atoms with Crippen molar-refractivity contribution in [1.82, 2.24) is 9.55 Å². The average molecular weight is 387 g/mol. The Bertz CT molecular complexity index is 985. The monoisotopic (exact) mass is 386 g/mol. The standard InChI is InChI=1S/C26H30N2O/c1-3-20(17-22-13-14-25(29-2)24-12-8-7-11-23(22)24)19-28-16-15-27-26(28)18-21-9-5-4-6-10-21/h4-6,9-10,13-17H,3,7-8,11-12,18-19H2,1-2H3/b20-17+. The molecule has 0 aliphatic heterocycles. The molecule has 1 aromatic heterocycles. The lowest BCUT2D eigenvalue weighted by Crippen LogP contribution is -2.08. The SMILES string of the molecule is CC/C(=C\c1ccc(OC)c2c1CCCC2)Cn1ccnc1Cc1ccccc1. The third-order valence-corrected chi connectivity index (χ3v) is 5.94. The smallest absolute Gasteiger partial charge is 0.122 e. The fourth-order valence-electron chi connectivity index (χ4n) is 4.32. The Morgan fingerprint density at radius 3 is 2.62 bits per heavy atom. The molecule has 3 heteroatoms. The summed E-state index contributed by atoms with van der Waals surface area (Å²) < 4.78 is 7.91. The van der Waals surface area contributed by atoms with Gasteiger partial charge >= 0.3 is 0 Å². The number of hydrogen-bond acceptors (Lipinski definition) is 2. The third kappa shape index (κ3) is 4.45. The molecule has 0 atom stereocenters. The summed E-state index contributed by atoms with van der Waals surface area (Å²) in [5.74, 6) is 2.17. The zero-order valence-corrected chi connectivity index (χ0v) is 17.5. The number of allylic oxidation sites excluding steroid dienone is 1. The van der Waals surface area contributed by atoms with Crippen molar-refractivity contribution in [3.8, 4) is 5.75 Å². The van der Waals surface area contributed by atoms with Crippen LogP contribution in [-0.4, -0.2) is 16.7 Å². The first kappa shape index (κ1) is 19.5. The second-order valence-electron chi connectivity index (χ2n) is 7.81. The van der Waals surface area contributed by atoms with Crippen molar-refractivity contribution in [3.05, 3.63) is 88.5 Å². The third-order valence-electron chi connectivity index (χ3n) is 5.94. The largest absolute Gasteiger partial charge is 0.496 e. The maximum absolute atomic E-state index is 5.62. The van der Waals surface area contributed by atoms with E-state index < -0.39 is 0 Å². The molecule has 0 N–H and O–H groups in total. The van der Waals surface area contributed by atoms with Crippen LogP contribution < -0.4 is 4.74 Å². The molecule has 0 amide bonds. The molecule has 0 saturated carbocycles. The molecular formula is C26H30N2O. The van der Waals surface area contributed by atoms with E-state index in [0.717, 1.165) is 43.8 Å². The summed E-state index contributed by atoms with van der Waals surface area (Å²) in [6, 6.07) is 14.9. The number of imidazole rings is 1. The van der Waals surface area contributed by atoms with E-state index >= 15 is 0 Å². The van der Waals surface area contributed by atoms with Crippen LogP contribution in [0, 0.1) is 0 Å². The Morgan fingerprint density at radius 1 is 1.07 bits per heavy atom. The molecular weight excluding hydrogens is 356 g/mol. The van der Waals surface area contributed by atoms with Crippen LogP contribution in [-0.2, 0) is 25.8 Å². The second kappa shape index (κ2) is 9.13. The van der Waals surface area contributed by atoms with Crippen molar-refractivity contribution in [1.29, 1.82) is 0 Å². The Hall–Kier alpha value is -2.81. The second-order valence-corrected chi connectivity index (χ2v) is 7.81. The quantitative estimate of drug-likeness (QED) is 0.509. The van der Waals surface area contributed by atoms with Crippen LogP contribution in [0.4, 0.5) is 0 Å². The Kier molecular flexibility index (Phi) is 6.14. The maximum atomic E-state index is 5.62. The summed E-state index contributed by atoms with van der Waals surface area (Å²) >= 11 is 0. The van der Waals surface area contributed by atoms with Crippen molar-refractivity contribution in [2.75, 3.05) is 7.11 Å². The lowest BCUT2D eigenvalue weighted by molar-refractivity contribution is 0.406. The average Bonchev–Trinajstić information content (AvgIpc) is 3.20. The van der Waals surface area contributed by atoms with Gasteiger partial charge in [0.15, 0.2) is 0 Å². The number of rotatable bonds is 7. The van der Waals surface area contributed by atoms with Gasteiger partial charge in [0, 0.05) is 25.4 Å². The lowest BCUT2D eigenvalue weighted by atomic mass is 9.87. The number of fused-ring (bicyclic) bond motifs is 1. The van der Waals surface area contributed by atoms with Gasteiger partial charge in [-0.3, -0.25) is 0 Å². The zero-order chi connectivity index (χ0) is 20.1. The van der Waals surface area contributed by atoms with E-state index in [2.05, 4.69) is 71.2 Å². The molecule has 150 valence electrons. The maximum Gasteiger partial charge on any atom is 0.122 e. The van der Waals surface area contributed by atoms with E-state index in [1.165, 1.54) is 40.7 Å². The van der Waals surface area contributed by atoms with Crippen LogP contribution >= 0.6 is 0 Å². The summed E-state index contributed by atoms with van der Waals surface area (Å²) in [7, 11) is 1.78. The first-order valence-electron chi connectivity index (χ1n) is 10.7. The normalized spacial score (nSPS) is 13.9. The van der Waals surface area contributed by atoms with Gasteiger partial charge in [-0.25, -0.2) is 4.98 Å². The van der Waals surface area contributed by atoms with Gasteiger partial charge in [-0.2, -0.15) is 0 Å². The van der Waals surface area contributed by atoms with Crippen molar-refractivity contribution < 1.29 is 4.74 Å². The topological polar surface area (TPSA) is 27.1 Å². The van der Waals surface area contributed by atoms with E-state index in [-0.39, 0.29) is 0 Å². The predicted octanol–water partition coefficient (Wildman–Crippen LogP) is 5.85. The molecule has 0 spiro atoms. The fourth-order valence-corrected chi connectivity index (χ4v) is 4.32. The van der Waals surface area contributed by atoms with Gasteiger partial charge in [0.2, 0.25) is 0 Å². The molecule has 29 heavy (non-hydrogen) atoms. The summed E-state index contributed by atoms with van der Waals surface area (Å²) in [4.78, 5) is 4.62. The molecule has 3 nitrogen and oxygen atoms in total. The summed E-state index contributed by atoms with van der Waals surface area (Å²) in [5.41, 5.74) is 6.98. The van der Waals surface area contributed by atoms with Crippen LogP contribution in [0.1, 0.15) is 54.3 Å². The fraction of sp³-hybridized carbons (Fsp3) is 0.346. The van der Waals surface area contributed by atoms with Crippen molar-refractivity contribution in [2.45, 2.75) is 52.0 Å². The Morgan fingerprint density at radius 2 is 1.86 bits per heavy atom. The molecule has 0 saturated heterocycles. The number of aromatic nitrogens is 2. The van der Waals surface area contributed by atoms with E-state index in [1.54, 1.807) is 7.11 Å². The highest BCUT2D eigenvalue weighted by Crippen LogP contribution is 2.33. The van der Waals surface area contributed by atoms with Gasteiger partial charge in [-0.05, 0) is 60.4 Å². The number of nitrogens with zero attached hydrogens (tertiary/aromatic N) is 2. The van der Waals surface area contributed by atoms with Crippen molar-refractivity contribution in [3.63, 3.8) is 0 Å². The molecule has 1 aliphatic carbocycles. The van der Waals surface area contributed by atoms with E-state index in [0.29, 0.717) is 0 Å². The van der Waals surface area contributed by atoms with Gasteiger partial charge < -0.3 is 9.30 Å². The highest BCUT2D eigenvalue weighted by molar-refractivity contribution is 5.62. The van der Waals surface area contributed by atoms with Crippen LogP contribution in [0.25, 0.3) is 6.08 Å². The van der Waals surface area contributed by atoms with Crippen molar-refractivity contribution in [2.24, 2.45) is 0 Å². The van der Waals surface area contributed by atoms with E-state index in [1.807, 2.05) is 6.20 Å². The summed E-state index contributed by atoms with van der Waals surface area (Å²) in [5, 5.41) is 0. The minimum absolute atomic E-state index is 0.864.